The van der Waals surface area contributed by atoms with Gasteiger partial charge in [0.1, 0.15) is 11.5 Å². The minimum absolute atomic E-state index is 0.475. The highest BCUT2D eigenvalue weighted by atomic mass is 16.5. The maximum absolute atomic E-state index is 6.54. The van der Waals surface area contributed by atoms with Crippen LogP contribution in [-0.2, 0) is 5.41 Å². The van der Waals surface area contributed by atoms with Gasteiger partial charge in [-0.2, -0.15) is 0 Å². The molecule has 2 heterocycles. The molecule has 0 radical (unpaired) electrons. The van der Waals surface area contributed by atoms with Crippen molar-refractivity contribution in [3.05, 3.63) is 253 Å². The highest BCUT2D eigenvalue weighted by Crippen LogP contribution is 2.62. The summed E-state index contributed by atoms with van der Waals surface area (Å²) in [5.41, 5.74) is 18.8. The first kappa shape index (κ1) is 35.8. The first-order valence-electron chi connectivity index (χ1n) is 21.1. The summed E-state index contributed by atoms with van der Waals surface area (Å²) in [5, 5.41) is 0. The Morgan fingerprint density at radius 2 is 0.694 bits per heavy atom. The molecule has 9 aromatic carbocycles. The summed E-state index contributed by atoms with van der Waals surface area (Å²) in [6, 6.07) is 82.1. The van der Waals surface area contributed by atoms with Gasteiger partial charge in [0.25, 0.3) is 0 Å². The standard InChI is InChI=1S/C59H38N2O/c1-3-16-39(17-4-1)54-38-55(61-58(60-54)40-18-5-2-6-19-40)47-25-15-24-45(36-47)43-22-13-20-41(34-43)42-21-14-23-44(35-42)46-32-33-51-49(37-46)48-26-7-8-27-50(48)59(51)52-28-9-11-30-56(52)62-57-31-12-10-29-53(57)59/h1-38H. The van der Waals surface area contributed by atoms with E-state index >= 15 is 0 Å². The zero-order valence-electron chi connectivity index (χ0n) is 33.7. The molecule has 10 aromatic rings. The van der Waals surface area contributed by atoms with Gasteiger partial charge in [0, 0.05) is 27.8 Å². The van der Waals surface area contributed by atoms with Crippen LogP contribution in [0.5, 0.6) is 11.5 Å². The quantitative estimate of drug-likeness (QED) is 0.168. The monoisotopic (exact) mass is 790 g/mol. The van der Waals surface area contributed by atoms with Crippen molar-refractivity contribution in [1.82, 2.24) is 9.97 Å². The summed E-state index contributed by atoms with van der Waals surface area (Å²) in [6.45, 7) is 0. The third-order valence-electron chi connectivity index (χ3n) is 12.6. The van der Waals surface area contributed by atoms with Gasteiger partial charge in [-0.25, -0.2) is 9.97 Å². The summed E-state index contributed by atoms with van der Waals surface area (Å²) in [4.78, 5) is 10.1. The molecule has 0 bridgehead atoms. The van der Waals surface area contributed by atoms with Crippen LogP contribution < -0.4 is 4.74 Å². The largest absolute Gasteiger partial charge is 0.457 e. The third-order valence-corrected chi connectivity index (χ3v) is 12.6. The summed E-state index contributed by atoms with van der Waals surface area (Å²) in [6.07, 6.45) is 0. The van der Waals surface area contributed by atoms with Crippen molar-refractivity contribution in [3.63, 3.8) is 0 Å². The molecule has 1 aliphatic carbocycles. The number of ether oxygens (including phenoxy) is 1. The minimum atomic E-state index is -0.475. The fraction of sp³-hybridized carbons (Fsp3) is 0.0169. The van der Waals surface area contributed by atoms with Crippen LogP contribution in [0.1, 0.15) is 22.3 Å². The number of hydrogen-bond acceptors (Lipinski definition) is 3. The van der Waals surface area contributed by atoms with Crippen LogP contribution in [0, 0.1) is 0 Å². The zero-order valence-corrected chi connectivity index (χ0v) is 33.7. The topological polar surface area (TPSA) is 35.0 Å². The third kappa shape index (κ3) is 5.82. The van der Waals surface area contributed by atoms with Crippen LogP contribution in [0.25, 0.3) is 78.4 Å². The number of benzene rings is 9. The van der Waals surface area contributed by atoms with Crippen molar-refractivity contribution in [2.45, 2.75) is 5.41 Å². The second-order valence-corrected chi connectivity index (χ2v) is 16.1. The summed E-state index contributed by atoms with van der Waals surface area (Å²) in [7, 11) is 0. The lowest BCUT2D eigenvalue weighted by Crippen LogP contribution is -2.32. The van der Waals surface area contributed by atoms with Crippen LogP contribution in [0.4, 0.5) is 0 Å². The predicted octanol–water partition coefficient (Wildman–Crippen LogP) is 14.9. The number of para-hydroxylation sites is 2. The molecular weight excluding hydrogens is 753 g/mol. The van der Waals surface area contributed by atoms with Gasteiger partial charge in [-0.15, -0.1) is 0 Å². The van der Waals surface area contributed by atoms with Gasteiger partial charge >= 0.3 is 0 Å². The highest BCUT2D eigenvalue weighted by Gasteiger charge is 2.50. The van der Waals surface area contributed by atoms with Crippen LogP contribution in [0.2, 0.25) is 0 Å². The van der Waals surface area contributed by atoms with Gasteiger partial charge in [-0.3, -0.25) is 0 Å². The number of hydrogen-bond donors (Lipinski definition) is 0. The molecule has 1 aliphatic heterocycles. The molecule has 3 heteroatoms. The molecule has 0 N–H and O–H groups in total. The van der Waals surface area contributed by atoms with Crippen molar-refractivity contribution in [2.24, 2.45) is 0 Å². The molecule has 12 rings (SSSR count). The van der Waals surface area contributed by atoms with E-state index in [9.17, 15) is 0 Å². The number of fused-ring (bicyclic) bond motifs is 9. The molecule has 62 heavy (non-hydrogen) atoms. The Morgan fingerprint density at radius 3 is 1.29 bits per heavy atom. The molecule has 0 atom stereocenters. The first-order valence-corrected chi connectivity index (χ1v) is 21.1. The number of nitrogens with zero attached hydrogens (tertiary/aromatic N) is 2. The number of rotatable bonds is 6. The molecule has 0 amide bonds. The Labute approximate surface area is 361 Å². The van der Waals surface area contributed by atoms with E-state index in [1.54, 1.807) is 0 Å². The maximum Gasteiger partial charge on any atom is 0.160 e. The molecule has 0 unspecified atom stereocenters. The highest BCUT2D eigenvalue weighted by molar-refractivity contribution is 5.91. The van der Waals surface area contributed by atoms with Gasteiger partial charge < -0.3 is 4.74 Å². The lowest BCUT2D eigenvalue weighted by molar-refractivity contribution is 0.436. The molecule has 0 saturated carbocycles. The second kappa shape index (κ2) is 14.5. The minimum Gasteiger partial charge on any atom is -0.457 e. The van der Waals surface area contributed by atoms with E-state index in [0.29, 0.717) is 5.82 Å². The predicted molar refractivity (Wildman–Crippen MR) is 252 cm³/mol. The van der Waals surface area contributed by atoms with Crippen LogP contribution in [-0.4, -0.2) is 9.97 Å². The Bertz CT molecular complexity index is 3230. The van der Waals surface area contributed by atoms with Crippen LogP contribution >= 0.6 is 0 Å². The van der Waals surface area contributed by atoms with Crippen molar-refractivity contribution in [2.75, 3.05) is 0 Å². The van der Waals surface area contributed by atoms with E-state index in [-0.39, 0.29) is 0 Å². The molecule has 3 nitrogen and oxygen atoms in total. The number of aromatic nitrogens is 2. The van der Waals surface area contributed by atoms with Gasteiger partial charge in [0.2, 0.25) is 0 Å². The average Bonchev–Trinajstić information content (AvgIpc) is 3.64. The molecular formula is C59H38N2O. The fourth-order valence-electron chi connectivity index (χ4n) is 9.72. The summed E-state index contributed by atoms with van der Waals surface area (Å²) in [5.74, 6) is 2.52. The molecule has 0 fully saturated rings. The van der Waals surface area contributed by atoms with E-state index in [2.05, 4.69) is 194 Å². The van der Waals surface area contributed by atoms with Crippen molar-refractivity contribution in [3.8, 4) is 89.9 Å². The Balaban J connectivity index is 0.912. The lowest BCUT2D eigenvalue weighted by atomic mass is 9.66. The van der Waals surface area contributed by atoms with Crippen molar-refractivity contribution in [1.29, 1.82) is 0 Å². The van der Waals surface area contributed by atoms with E-state index < -0.39 is 5.41 Å². The van der Waals surface area contributed by atoms with Gasteiger partial charge in [0.05, 0.1) is 16.8 Å². The van der Waals surface area contributed by atoms with Gasteiger partial charge in [-0.05, 0) is 98.1 Å². The van der Waals surface area contributed by atoms with E-state index in [1.807, 2.05) is 36.4 Å². The van der Waals surface area contributed by atoms with Gasteiger partial charge in [-0.1, -0.05) is 188 Å². The fourth-order valence-corrected chi connectivity index (χ4v) is 9.72. The van der Waals surface area contributed by atoms with E-state index in [4.69, 9.17) is 14.7 Å². The summed E-state index contributed by atoms with van der Waals surface area (Å²) >= 11 is 0. The maximum atomic E-state index is 6.54. The van der Waals surface area contributed by atoms with Crippen molar-refractivity contribution < 1.29 is 4.74 Å². The van der Waals surface area contributed by atoms with Crippen LogP contribution in [0.15, 0.2) is 231 Å². The first-order chi connectivity index (χ1) is 30.7. The van der Waals surface area contributed by atoms with Crippen LogP contribution in [0.3, 0.4) is 0 Å². The SMILES string of the molecule is c1ccc(-c2cc(-c3cccc(-c4cccc(-c5cccc(-c6ccc7c(c6)-c6ccccc6C76c7ccccc7Oc7ccccc76)c5)c4)c3)nc(-c3ccccc3)n2)cc1. The normalized spacial score (nSPS) is 12.8. The van der Waals surface area contributed by atoms with Gasteiger partial charge in [0.15, 0.2) is 5.82 Å². The van der Waals surface area contributed by atoms with E-state index in [1.165, 1.54) is 50.1 Å². The zero-order chi connectivity index (χ0) is 41.0. The molecule has 1 aromatic heterocycles. The Kier molecular flexibility index (Phi) is 8.39. The second-order valence-electron chi connectivity index (χ2n) is 16.1. The lowest BCUT2D eigenvalue weighted by Gasteiger charge is -2.39. The molecule has 2 aliphatic rings. The smallest absolute Gasteiger partial charge is 0.160 e. The Hall–Kier alpha value is -8.14. The van der Waals surface area contributed by atoms with E-state index in [0.717, 1.165) is 56.3 Å². The van der Waals surface area contributed by atoms with Crippen molar-refractivity contribution >= 4 is 0 Å². The molecule has 0 saturated heterocycles. The molecule has 290 valence electrons. The summed E-state index contributed by atoms with van der Waals surface area (Å²) < 4.78 is 6.54. The average molecular weight is 791 g/mol. The Morgan fingerprint density at radius 1 is 0.274 bits per heavy atom. The molecule has 1 spiro atoms.